The van der Waals surface area contributed by atoms with E-state index in [9.17, 15) is 4.79 Å². The molecule has 1 saturated carbocycles. The zero-order valence-corrected chi connectivity index (χ0v) is 11.2. The van der Waals surface area contributed by atoms with Gasteiger partial charge in [0, 0.05) is 31.5 Å². The molecule has 1 amide bonds. The number of aliphatic hydroxyl groups excluding tert-OH is 1. The molecule has 1 aromatic heterocycles. The third-order valence-electron chi connectivity index (χ3n) is 3.97. The molecular formula is C15H22N2O2. The van der Waals surface area contributed by atoms with Crippen molar-refractivity contribution in [2.24, 2.45) is 11.8 Å². The highest BCUT2D eigenvalue weighted by Crippen LogP contribution is 2.30. The van der Waals surface area contributed by atoms with Gasteiger partial charge in [-0.05, 0) is 55.7 Å². The maximum absolute atomic E-state index is 12.1. The molecule has 0 bridgehead atoms. The van der Waals surface area contributed by atoms with Crippen LogP contribution in [0.1, 0.15) is 37.7 Å². The Balaban J connectivity index is 1.73. The van der Waals surface area contributed by atoms with E-state index < -0.39 is 0 Å². The van der Waals surface area contributed by atoms with Crippen LogP contribution in [0.2, 0.25) is 0 Å². The summed E-state index contributed by atoms with van der Waals surface area (Å²) < 4.78 is 0. The number of amides is 1. The van der Waals surface area contributed by atoms with Crippen molar-refractivity contribution in [1.29, 1.82) is 0 Å². The molecule has 2 rings (SSSR count). The third-order valence-corrected chi connectivity index (χ3v) is 3.97. The highest BCUT2D eigenvalue weighted by molar-refractivity contribution is 5.78. The fourth-order valence-electron chi connectivity index (χ4n) is 2.73. The van der Waals surface area contributed by atoms with Crippen LogP contribution in [0.3, 0.4) is 0 Å². The second-order valence-corrected chi connectivity index (χ2v) is 5.30. The number of hydrogen-bond donors (Lipinski definition) is 2. The van der Waals surface area contributed by atoms with Crippen molar-refractivity contribution in [2.75, 3.05) is 6.61 Å². The van der Waals surface area contributed by atoms with Gasteiger partial charge in [0.2, 0.25) is 5.91 Å². The molecule has 0 unspecified atom stereocenters. The number of nitrogens with one attached hydrogen (secondary N) is 1. The monoisotopic (exact) mass is 262 g/mol. The Labute approximate surface area is 114 Å². The summed E-state index contributed by atoms with van der Waals surface area (Å²) >= 11 is 0. The number of rotatable bonds is 5. The van der Waals surface area contributed by atoms with Gasteiger partial charge in [0.15, 0.2) is 0 Å². The van der Waals surface area contributed by atoms with Crippen LogP contribution in [0, 0.1) is 11.8 Å². The normalized spacial score (nSPS) is 23.0. The fraction of sp³-hybridized carbons (Fsp3) is 0.600. The van der Waals surface area contributed by atoms with Gasteiger partial charge in [0.25, 0.3) is 0 Å². The molecule has 1 fully saturated rings. The molecular weight excluding hydrogens is 240 g/mol. The Hall–Kier alpha value is -1.42. The van der Waals surface area contributed by atoms with Gasteiger partial charge in [0.05, 0.1) is 0 Å². The van der Waals surface area contributed by atoms with Crippen molar-refractivity contribution >= 4 is 5.91 Å². The first-order chi connectivity index (χ1) is 9.29. The summed E-state index contributed by atoms with van der Waals surface area (Å²) in [6.07, 6.45) is 8.38. The molecule has 4 heteroatoms. The third kappa shape index (κ3) is 4.31. The second kappa shape index (κ2) is 7.24. The van der Waals surface area contributed by atoms with Crippen molar-refractivity contribution in [3.8, 4) is 0 Å². The quantitative estimate of drug-likeness (QED) is 0.851. The highest BCUT2D eigenvalue weighted by Gasteiger charge is 2.25. The van der Waals surface area contributed by atoms with Gasteiger partial charge in [-0.3, -0.25) is 9.78 Å². The molecule has 19 heavy (non-hydrogen) atoms. The van der Waals surface area contributed by atoms with Gasteiger partial charge in [-0.1, -0.05) is 0 Å². The van der Waals surface area contributed by atoms with E-state index in [1.54, 1.807) is 12.4 Å². The van der Waals surface area contributed by atoms with Gasteiger partial charge >= 0.3 is 0 Å². The summed E-state index contributed by atoms with van der Waals surface area (Å²) in [6.45, 7) is 0.849. The number of pyridine rings is 1. The summed E-state index contributed by atoms with van der Waals surface area (Å²) in [5.41, 5.74) is 1.08. The number of nitrogens with zero attached hydrogens (tertiary/aromatic N) is 1. The molecule has 1 aliphatic carbocycles. The number of carbonyl (C=O) groups is 1. The SMILES string of the molecule is O=C(NCc1ccncc1)C1CCC(CCO)CC1. The lowest BCUT2D eigenvalue weighted by Crippen LogP contribution is -2.32. The summed E-state index contributed by atoms with van der Waals surface area (Å²) in [6, 6.07) is 3.83. The average Bonchev–Trinajstić information content (AvgIpc) is 2.47. The minimum Gasteiger partial charge on any atom is -0.396 e. The number of hydrogen-bond acceptors (Lipinski definition) is 3. The molecule has 0 saturated heterocycles. The van der Waals surface area contributed by atoms with Crippen molar-refractivity contribution in [3.63, 3.8) is 0 Å². The van der Waals surface area contributed by atoms with Crippen molar-refractivity contribution in [3.05, 3.63) is 30.1 Å². The standard InChI is InChI=1S/C15H22N2O2/c18-10-7-12-1-3-14(4-2-12)15(19)17-11-13-5-8-16-9-6-13/h5-6,8-9,12,14,18H,1-4,7,10-11H2,(H,17,19). The topological polar surface area (TPSA) is 62.2 Å². The largest absolute Gasteiger partial charge is 0.396 e. The van der Waals surface area contributed by atoms with Crippen molar-refractivity contribution in [1.82, 2.24) is 10.3 Å². The van der Waals surface area contributed by atoms with E-state index in [2.05, 4.69) is 10.3 Å². The van der Waals surface area contributed by atoms with E-state index in [-0.39, 0.29) is 18.4 Å². The van der Waals surface area contributed by atoms with Crippen LogP contribution in [-0.4, -0.2) is 22.6 Å². The fourth-order valence-corrected chi connectivity index (χ4v) is 2.73. The maximum atomic E-state index is 12.1. The smallest absolute Gasteiger partial charge is 0.223 e. The van der Waals surface area contributed by atoms with Crippen LogP contribution >= 0.6 is 0 Å². The predicted octanol–water partition coefficient (Wildman–Crippen LogP) is 1.89. The molecule has 1 heterocycles. The molecule has 0 atom stereocenters. The molecule has 104 valence electrons. The molecule has 0 aliphatic heterocycles. The van der Waals surface area contributed by atoms with Crippen LogP contribution in [-0.2, 0) is 11.3 Å². The van der Waals surface area contributed by atoms with Gasteiger partial charge in [-0.25, -0.2) is 0 Å². The van der Waals surface area contributed by atoms with Crippen LogP contribution in [0.25, 0.3) is 0 Å². The lowest BCUT2D eigenvalue weighted by Gasteiger charge is -2.27. The molecule has 0 spiro atoms. The molecule has 4 nitrogen and oxygen atoms in total. The Morgan fingerprint density at radius 3 is 2.58 bits per heavy atom. The minimum atomic E-state index is 0.150. The van der Waals surface area contributed by atoms with Crippen LogP contribution in [0.4, 0.5) is 0 Å². The molecule has 1 aromatic rings. The Bertz CT molecular complexity index is 386. The van der Waals surface area contributed by atoms with Gasteiger partial charge in [-0.15, -0.1) is 0 Å². The van der Waals surface area contributed by atoms with Crippen LogP contribution in [0.15, 0.2) is 24.5 Å². The summed E-state index contributed by atoms with van der Waals surface area (Å²) in [4.78, 5) is 16.0. The Morgan fingerprint density at radius 2 is 1.95 bits per heavy atom. The first-order valence-electron chi connectivity index (χ1n) is 7.07. The van der Waals surface area contributed by atoms with E-state index in [0.717, 1.165) is 37.7 Å². The zero-order chi connectivity index (χ0) is 13.5. The number of carbonyl (C=O) groups excluding carboxylic acids is 1. The first-order valence-corrected chi connectivity index (χ1v) is 7.07. The summed E-state index contributed by atoms with van der Waals surface area (Å²) in [5, 5.41) is 11.9. The van der Waals surface area contributed by atoms with E-state index in [1.807, 2.05) is 12.1 Å². The number of aromatic nitrogens is 1. The van der Waals surface area contributed by atoms with Crippen LogP contribution < -0.4 is 5.32 Å². The van der Waals surface area contributed by atoms with E-state index in [1.165, 1.54) is 0 Å². The minimum absolute atomic E-state index is 0.150. The van der Waals surface area contributed by atoms with E-state index in [4.69, 9.17) is 5.11 Å². The average molecular weight is 262 g/mol. The first kappa shape index (κ1) is 14.0. The lowest BCUT2D eigenvalue weighted by molar-refractivity contribution is -0.126. The molecule has 0 radical (unpaired) electrons. The van der Waals surface area contributed by atoms with E-state index in [0.29, 0.717) is 12.5 Å². The molecule has 1 aliphatic rings. The maximum Gasteiger partial charge on any atom is 0.223 e. The van der Waals surface area contributed by atoms with E-state index >= 15 is 0 Å². The molecule has 0 aromatic carbocycles. The lowest BCUT2D eigenvalue weighted by atomic mass is 9.80. The predicted molar refractivity (Wildman–Crippen MR) is 73.2 cm³/mol. The zero-order valence-electron chi connectivity index (χ0n) is 11.2. The molecule has 2 N–H and O–H groups in total. The van der Waals surface area contributed by atoms with Gasteiger partial charge < -0.3 is 10.4 Å². The number of aliphatic hydroxyl groups is 1. The summed E-state index contributed by atoms with van der Waals surface area (Å²) in [5.74, 6) is 0.922. The Kier molecular flexibility index (Phi) is 5.33. The second-order valence-electron chi connectivity index (χ2n) is 5.30. The van der Waals surface area contributed by atoms with Gasteiger partial charge in [0.1, 0.15) is 0 Å². The summed E-state index contributed by atoms with van der Waals surface area (Å²) in [7, 11) is 0. The van der Waals surface area contributed by atoms with Crippen molar-refractivity contribution in [2.45, 2.75) is 38.6 Å². The van der Waals surface area contributed by atoms with Crippen LogP contribution in [0.5, 0.6) is 0 Å². The highest BCUT2D eigenvalue weighted by atomic mass is 16.3. The van der Waals surface area contributed by atoms with Gasteiger partial charge in [-0.2, -0.15) is 0 Å². The van der Waals surface area contributed by atoms with Crippen molar-refractivity contribution < 1.29 is 9.90 Å². The Morgan fingerprint density at radius 1 is 1.26 bits per heavy atom.